The topological polar surface area (TPSA) is 240 Å². The lowest BCUT2D eigenvalue weighted by atomic mass is 9.83. The normalized spacial score (nSPS) is 22.7. The Labute approximate surface area is 614 Å². The third-order valence-corrected chi connectivity index (χ3v) is 23.5. The standard InChI is InChI=1S/C28H39N3O4.C27H32N6O4.C27H32N4O2/c1-18-10-12-23-24(30(18)28(33)34-3)13-14-25-27(23)29-26(15-11-22-9-4-5-16-35-22)31(25)21-8-6-7-20(17-21)19(2)32;1-18-16-20(37-30-18)17-28-12-15-32-23-10-9-22-21(8-7-19(2)33(22)27(35)36-3)26(23)29-24(32)11-14-31-13-5-4-6-25(31)34;1-17-8-9-22-23(30(17)27(32)33-2)10-11-24-26(22)29-25(12-18-6-4-3-5-7-18)31(24)21-13-19-15-28-16-20(19)14-21/h13-14,18,20-22H,4-12,15-17H2,1-3H3;4-6,9-10,13,16,19,28H,7-8,11-12,14-15,17H2,1-3H3;3-7,10-11,17,19-21,28H,8-9,12-16H2,1-2H3/t18-,20+,21+,22+;19-;17-,19-,20+,21?/m000/s1. The smallest absolute Gasteiger partial charge is 0.414 e. The van der Waals surface area contributed by atoms with Crippen molar-refractivity contribution in [3.8, 4) is 0 Å². The molecule has 9 aromatic rings. The zero-order valence-electron chi connectivity index (χ0n) is 62.3. The summed E-state index contributed by atoms with van der Waals surface area (Å²) < 4.78 is 35.5. The lowest BCUT2D eigenvalue weighted by molar-refractivity contribution is -0.122. The molecule has 4 fully saturated rings. The molecule has 2 saturated heterocycles. The molecule has 0 bridgehead atoms. The number of nitrogens with zero attached hydrogens (tertiary/aromatic N) is 11. The zero-order valence-corrected chi connectivity index (χ0v) is 62.3. The van der Waals surface area contributed by atoms with Gasteiger partial charge in [-0.15, -0.1) is 0 Å². The number of nitrogens with one attached hydrogen (secondary N) is 2. The summed E-state index contributed by atoms with van der Waals surface area (Å²) in [5.74, 6) is 5.91. The third-order valence-electron chi connectivity index (χ3n) is 23.5. The van der Waals surface area contributed by atoms with E-state index in [0.29, 0.717) is 50.5 Å². The number of hydrogen-bond donors (Lipinski definition) is 2. The third kappa shape index (κ3) is 15.2. The summed E-state index contributed by atoms with van der Waals surface area (Å²) in [5.41, 5.74) is 14.6. The molecule has 2 N–H and O–H groups in total. The molecule has 2 saturated carbocycles. The van der Waals surface area contributed by atoms with E-state index < -0.39 is 0 Å². The predicted octanol–water partition coefficient (Wildman–Crippen LogP) is 13.9. The molecule has 23 nitrogen and oxygen atoms in total. The van der Waals surface area contributed by atoms with Gasteiger partial charge in [-0.1, -0.05) is 48.0 Å². The van der Waals surface area contributed by atoms with Gasteiger partial charge in [-0.25, -0.2) is 29.3 Å². The van der Waals surface area contributed by atoms with Crippen molar-refractivity contribution in [1.82, 2.24) is 49.0 Å². The van der Waals surface area contributed by atoms with Crippen LogP contribution in [0.3, 0.4) is 0 Å². The summed E-state index contributed by atoms with van der Waals surface area (Å²) in [4.78, 5) is 83.1. The van der Waals surface area contributed by atoms with Crippen LogP contribution in [-0.2, 0) is 81.9 Å². The number of aromatic nitrogens is 8. The molecular formula is C82H103N13O10. The van der Waals surface area contributed by atoms with Gasteiger partial charge in [0.15, 0.2) is 5.76 Å². The van der Waals surface area contributed by atoms with Gasteiger partial charge in [0, 0.05) is 117 Å². The van der Waals surface area contributed by atoms with Gasteiger partial charge in [-0.2, -0.15) is 0 Å². The van der Waals surface area contributed by atoms with Crippen molar-refractivity contribution < 1.29 is 42.6 Å². The van der Waals surface area contributed by atoms with Crippen LogP contribution in [-0.4, -0.2) is 134 Å². The summed E-state index contributed by atoms with van der Waals surface area (Å²) in [7, 11) is 4.31. The van der Waals surface area contributed by atoms with E-state index in [0.717, 1.165) is 213 Å². The highest BCUT2D eigenvalue weighted by Crippen LogP contribution is 2.47. The number of Topliss-reactive ketones (excluding diaryl/α,β-unsaturated/α-hetero) is 1. The highest BCUT2D eigenvalue weighted by molar-refractivity contribution is 5.98. The number of ketones is 1. The van der Waals surface area contributed by atoms with Crippen LogP contribution in [0.4, 0.5) is 31.4 Å². The Morgan fingerprint density at radius 2 is 1.17 bits per heavy atom. The maximum atomic E-state index is 12.6. The monoisotopic (exact) mass is 1430 g/mol. The Hall–Kier alpha value is -9.19. The number of anilines is 3. The van der Waals surface area contributed by atoms with E-state index >= 15 is 0 Å². The minimum absolute atomic E-state index is 0.0331. The number of hydrogen-bond acceptors (Lipinski definition) is 16. The molecule has 7 aliphatic rings. The number of benzene rings is 4. The van der Waals surface area contributed by atoms with Gasteiger partial charge in [-0.05, 0) is 204 Å². The first-order chi connectivity index (χ1) is 51.1. The first kappa shape index (κ1) is 72.7. The highest BCUT2D eigenvalue weighted by Gasteiger charge is 2.41. The largest absolute Gasteiger partial charge is 0.452 e. The number of aryl methyl sites for hydroxylation is 7. The second-order valence-electron chi connectivity index (χ2n) is 30.2. The average Bonchev–Trinajstić information content (AvgIpc) is 1.64. The number of fused-ring (bicyclic) bond motifs is 10. The molecule has 0 spiro atoms. The van der Waals surface area contributed by atoms with Crippen LogP contribution in [0, 0.1) is 24.7 Å². The molecule has 1 unspecified atom stereocenters. The van der Waals surface area contributed by atoms with E-state index in [9.17, 15) is 24.0 Å². The van der Waals surface area contributed by atoms with Crippen molar-refractivity contribution in [2.45, 2.75) is 213 Å². The fourth-order valence-electron chi connectivity index (χ4n) is 18.0. The summed E-state index contributed by atoms with van der Waals surface area (Å²) >= 11 is 0. The molecule has 556 valence electrons. The maximum absolute atomic E-state index is 12.6. The van der Waals surface area contributed by atoms with E-state index in [4.69, 9.17) is 38.4 Å². The van der Waals surface area contributed by atoms with Gasteiger partial charge in [0.1, 0.15) is 23.3 Å². The number of carbonyl (C=O) groups is 4. The van der Waals surface area contributed by atoms with E-state index in [-0.39, 0.29) is 53.9 Å². The van der Waals surface area contributed by atoms with Crippen molar-refractivity contribution in [2.75, 3.05) is 62.3 Å². The van der Waals surface area contributed by atoms with Crippen LogP contribution in [0.25, 0.3) is 33.1 Å². The molecule has 5 aliphatic heterocycles. The second kappa shape index (κ2) is 32.3. The first-order valence-electron chi connectivity index (χ1n) is 38.4. The minimum atomic E-state index is -0.359. The SMILES string of the molecule is COC(=O)N1c2ccc3c(nc(CC[C@H]4CCCCO4)n3[C@@H]3CCC[C@@H](C(C)=O)C3)c2CC[C@@H]1C.COC(=O)N1c2ccc3c(nc(CCn4ccccc4=O)n3CCNCc3cc(C)no3)c2CC[C@@H]1C.COC(=O)N1c2ccc3c(nc(Cc4ccccc4)n3C3C[C@H]4CNC[C@H]4C3)c2CC[C@@H]1C. The van der Waals surface area contributed by atoms with Crippen LogP contribution in [0.2, 0.25) is 0 Å². The molecule has 23 heteroatoms. The molecular weight excluding hydrogens is 1330 g/mol. The van der Waals surface area contributed by atoms with Gasteiger partial charge < -0.3 is 52.4 Å². The number of imidazole rings is 3. The summed E-state index contributed by atoms with van der Waals surface area (Å²) in [6.07, 6.45) is 19.7. The molecule has 9 atom stereocenters. The van der Waals surface area contributed by atoms with Gasteiger partial charge in [0.05, 0.1) is 89.8 Å². The minimum Gasteiger partial charge on any atom is -0.452 e. The van der Waals surface area contributed by atoms with Crippen molar-refractivity contribution in [3.63, 3.8) is 0 Å². The van der Waals surface area contributed by atoms with E-state index in [2.05, 4.69) is 97.9 Å². The molecule has 2 aliphatic carbocycles. The molecule has 0 radical (unpaired) electrons. The van der Waals surface area contributed by atoms with Crippen LogP contribution >= 0.6 is 0 Å². The van der Waals surface area contributed by atoms with Gasteiger partial charge in [0.25, 0.3) is 5.56 Å². The average molecular weight is 1430 g/mol. The number of ether oxygens (including phenoxy) is 4. The Balaban J connectivity index is 0.000000133. The van der Waals surface area contributed by atoms with Crippen molar-refractivity contribution in [1.29, 1.82) is 0 Å². The molecule has 3 amide bonds. The molecule has 10 heterocycles. The number of rotatable bonds is 16. The summed E-state index contributed by atoms with van der Waals surface area (Å²) in [6.45, 7) is 15.5. The van der Waals surface area contributed by atoms with Crippen molar-refractivity contribution >= 4 is 74.2 Å². The van der Waals surface area contributed by atoms with E-state index in [1.807, 2.05) is 38.1 Å². The van der Waals surface area contributed by atoms with E-state index in [1.165, 1.54) is 57.2 Å². The number of carbonyl (C=O) groups excluding carboxylic acids is 4. The van der Waals surface area contributed by atoms with E-state index in [1.54, 1.807) is 44.5 Å². The lowest BCUT2D eigenvalue weighted by Crippen LogP contribution is -2.42. The quantitative estimate of drug-likeness (QED) is 0.0675. The summed E-state index contributed by atoms with van der Waals surface area (Å²) in [5, 5.41) is 10.9. The molecule has 4 aromatic carbocycles. The fourth-order valence-corrected chi connectivity index (χ4v) is 18.0. The second-order valence-corrected chi connectivity index (χ2v) is 30.2. The Bertz CT molecular complexity index is 4650. The fraction of sp³-hybridized carbons (Fsp3) is 0.524. The van der Waals surface area contributed by atoms with Gasteiger partial charge >= 0.3 is 18.3 Å². The lowest BCUT2D eigenvalue weighted by Gasteiger charge is -2.34. The van der Waals surface area contributed by atoms with Crippen molar-refractivity contribution in [2.24, 2.45) is 17.8 Å². The molecule has 16 rings (SSSR count). The highest BCUT2D eigenvalue weighted by atomic mass is 16.6. The number of pyridine rings is 1. The predicted molar refractivity (Wildman–Crippen MR) is 406 cm³/mol. The van der Waals surface area contributed by atoms with Crippen LogP contribution in [0.1, 0.15) is 174 Å². The molecule has 5 aromatic heterocycles. The Morgan fingerprint density at radius 3 is 1.73 bits per heavy atom. The summed E-state index contributed by atoms with van der Waals surface area (Å²) in [6, 6.07) is 31.3. The maximum Gasteiger partial charge on any atom is 0.414 e. The zero-order chi connectivity index (χ0) is 73.0. The van der Waals surface area contributed by atoms with Gasteiger partial charge in [0.2, 0.25) is 0 Å². The number of methoxy groups -OCH3 is 3. The van der Waals surface area contributed by atoms with Crippen LogP contribution in [0.5, 0.6) is 0 Å². The van der Waals surface area contributed by atoms with Gasteiger partial charge in [-0.3, -0.25) is 24.3 Å². The van der Waals surface area contributed by atoms with Crippen LogP contribution < -0.4 is 30.9 Å². The van der Waals surface area contributed by atoms with Crippen LogP contribution in [0.15, 0.2) is 107 Å². The number of amides is 3. The first-order valence-corrected chi connectivity index (χ1v) is 38.4. The Kier molecular flexibility index (Phi) is 22.4. The molecule has 105 heavy (non-hydrogen) atoms. The van der Waals surface area contributed by atoms with Crippen molar-refractivity contribution in [3.05, 3.63) is 159 Å². The Morgan fingerprint density at radius 1 is 0.600 bits per heavy atom.